The van der Waals surface area contributed by atoms with Gasteiger partial charge in [-0.3, -0.25) is 4.79 Å². The zero-order chi connectivity index (χ0) is 9.97. The van der Waals surface area contributed by atoms with Crippen LogP contribution in [0.1, 0.15) is 18.4 Å². The highest BCUT2D eigenvalue weighted by Crippen LogP contribution is 2.14. The Kier molecular flexibility index (Phi) is 3.05. The van der Waals surface area contributed by atoms with Crippen molar-refractivity contribution in [3.05, 3.63) is 33.4 Å². The quantitative estimate of drug-likeness (QED) is 0.833. The molecule has 1 N–H and O–H groups in total. The van der Waals surface area contributed by atoms with Crippen LogP contribution in [0.3, 0.4) is 0 Å². The molecule has 1 saturated heterocycles. The molecule has 1 unspecified atom stereocenters. The fourth-order valence-electron chi connectivity index (χ4n) is 1.74. The predicted molar refractivity (Wildman–Crippen MR) is 64.0 cm³/mol. The first-order valence-electron chi connectivity index (χ1n) is 4.78. The number of hydrogen-bond donors (Lipinski definition) is 1. The minimum atomic E-state index is 0.195. The molecular weight excluding hydrogens is 289 g/mol. The molecule has 1 heterocycles. The van der Waals surface area contributed by atoms with Crippen LogP contribution >= 0.6 is 22.6 Å². The monoisotopic (exact) mass is 301 g/mol. The Bertz CT molecular complexity index is 334. The smallest absolute Gasteiger partial charge is 0.220 e. The number of carbonyl (C=O) groups excluding carboxylic acids is 1. The van der Waals surface area contributed by atoms with Gasteiger partial charge in [0.05, 0.1) is 0 Å². The molecule has 1 amide bonds. The second-order valence-corrected chi connectivity index (χ2v) is 4.88. The van der Waals surface area contributed by atoms with Gasteiger partial charge in [-0.25, -0.2) is 0 Å². The zero-order valence-electron chi connectivity index (χ0n) is 7.79. The van der Waals surface area contributed by atoms with E-state index in [-0.39, 0.29) is 5.91 Å². The van der Waals surface area contributed by atoms with Crippen LogP contribution < -0.4 is 5.32 Å². The summed E-state index contributed by atoms with van der Waals surface area (Å²) in [6.45, 7) is 0. The minimum absolute atomic E-state index is 0.195. The molecule has 1 aromatic rings. The van der Waals surface area contributed by atoms with Crippen LogP contribution in [0.5, 0.6) is 0 Å². The van der Waals surface area contributed by atoms with Gasteiger partial charge in [-0.1, -0.05) is 12.1 Å². The summed E-state index contributed by atoms with van der Waals surface area (Å²) in [5.74, 6) is 0.195. The van der Waals surface area contributed by atoms with Crippen LogP contribution in [-0.2, 0) is 11.2 Å². The largest absolute Gasteiger partial charge is 0.353 e. The normalized spacial score (nSPS) is 20.9. The van der Waals surface area contributed by atoms with Crippen molar-refractivity contribution in [2.75, 3.05) is 0 Å². The van der Waals surface area contributed by atoms with Gasteiger partial charge in [-0.05, 0) is 53.1 Å². The molecule has 74 valence electrons. The van der Waals surface area contributed by atoms with E-state index in [9.17, 15) is 4.79 Å². The molecule has 2 rings (SSSR count). The maximum atomic E-state index is 11.0. The van der Waals surface area contributed by atoms with Crippen molar-refractivity contribution in [1.29, 1.82) is 0 Å². The van der Waals surface area contributed by atoms with Gasteiger partial charge < -0.3 is 5.32 Å². The molecule has 1 fully saturated rings. The van der Waals surface area contributed by atoms with E-state index in [1.54, 1.807) is 0 Å². The van der Waals surface area contributed by atoms with Gasteiger partial charge in [0.15, 0.2) is 0 Å². The molecule has 1 atom stereocenters. The minimum Gasteiger partial charge on any atom is -0.353 e. The number of carbonyl (C=O) groups is 1. The van der Waals surface area contributed by atoms with E-state index in [0.717, 1.165) is 12.8 Å². The molecule has 0 radical (unpaired) electrons. The van der Waals surface area contributed by atoms with Crippen molar-refractivity contribution in [2.24, 2.45) is 0 Å². The van der Waals surface area contributed by atoms with E-state index in [1.807, 2.05) is 0 Å². The number of rotatable bonds is 2. The third-order valence-electron chi connectivity index (χ3n) is 2.48. The molecule has 2 nitrogen and oxygen atoms in total. The molecule has 1 aliphatic rings. The van der Waals surface area contributed by atoms with Crippen LogP contribution in [0.4, 0.5) is 0 Å². The van der Waals surface area contributed by atoms with E-state index in [4.69, 9.17) is 0 Å². The van der Waals surface area contributed by atoms with E-state index in [2.05, 4.69) is 52.2 Å². The van der Waals surface area contributed by atoms with Crippen LogP contribution in [-0.4, -0.2) is 11.9 Å². The fraction of sp³-hybridized carbons (Fsp3) is 0.364. The average Bonchev–Trinajstić information content (AvgIpc) is 2.56. The first-order valence-corrected chi connectivity index (χ1v) is 5.86. The maximum Gasteiger partial charge on any atom is 0.220 e. The van der Waals surface area contributed by atoms with Gasteiger partial charge in [0, 0.05) is 16.0 Å². The molecule has 14 heavy (non-hydrogen) atoms. The third-order valence-corrected chi connectivity index (χ3v) is 3.20. The molecular formula is C11H12INO. The molecule has 1 aliphatic heterocycles. The number of amides is 1. The fourth-order valence-corrected chi connectivity index (χ4v) is 2.10. The summed E-state index contributed by atoms with van der Waals surface area (Å²) in [6, 6.07) is 8.82. The first-order chi connectivity index (χ1) is 6.74. The number of halogens is 1. The molecule has 0 aliphatic carbocycles. The summed E-state index contributed by atoms with van der Waals surface area (Å²) < 4.78 is 1.25. The van der Waals surface area contributed by atoms with Gasteiger partial charge in [0.2, 0.25) is 5.91 Å². The van der Waals surface area contributed by atoms with Crippen LogP contribution in [0.25, 0.3) is 0 Å². The lowest BCUT2D eigenvalue weighted by molar-refractivity contribution is -0.119. The molecule has 1 aromatic carbocycles. The summed E-state index contributed by atoms with van der Waals surface area (Å²) >= 11 is 2.29. The van der Waals surface area contributed by atoms with Crippen molar-refractivity contribution < 1.29 is 4.79 Å². The Labute approximate surface area is 97.2 Å². The Morgan fingerprint density at radius 3 is 2.64 bits per heavy atom. The average molecular weight is 301 g/mol. The van der Waals surface area contributed by atoms with Crippen molar-refractivity contribution in [2.45, 2.75) is 25.3 Å². The predicted octanol–water partition coefficient (Wildman–Crippen LogP) is 2.11. The van der Waals surface area contributed by atoms with E-state index >= 15 is 0 Å². The molecule has 0 aromatic heterocycles. The second kappa shape index (κ2) is 4.29. The van der Waals surface area contributed by atoms with Crippen LogP contribution in [0, 0.1) is 3.57 Å². The molecule has 0 spiro atoms. The van der Waals surface area contributed by atoms with Gasteiger partial charge in [-0.15, -0.1) is 0 Å². The Morgan fingerprint density at radius 1 is 1.36 bits per heavy atom. The number of benzene rings is 1. The summed E-state index contributed by atoms with van der Waals surface area (Å²) in [5.41, 5.74) is 1.30. The van der Waals surface area contributed by atoms with Gasteiger partial charge in [0.1, 0.15) is 0 Å². The van der Waals surface area contributed by atoms with Crippen LogP contribution in [0.15, 0.2) is 24.3 Å². The van der Waals surface area contributed by atoms with Crippen LogP contribution in [0.2, 0.25) is 0 Å². The molecule has 0 bridgehead atoms. The standard InChI is InChI=1S/C11H12INO/c12-9-3-1-8(2-4-9)7-10-5-6-11(14)13-10/h1-4,10H,5-7H2,(H,13,14). The van der Waals surface area contributed by atoms with Crippen molar-refractivity contribution >= 4 is 28.5 Å². The number of nitrogens with one attached hydrogen (secondary N) is 1. The number of hydrogen-bond acceptors (Lipinski definition) is 1. The highest BCUT2D eigenvalue weighted by molar-refractivity contribution is 14.1. The Balaban J connectivity index is 1.97. The summed E-state index contributed by atoms with van der Waals surface area (Å²) in [6.07, 6.45) is 2.63. The highest BCUT2D eigenvalue weighted by atomic mass is 127. The SMILES string of the molecule is O=C1CCC(Cc2ccc(I)cc2)N1. The van der Waals surface area contributed by atoms with Crippen molar-refractivity contribution in [1.82, 2.24) is 5.32 Å². The van der Waals surface area contributed by atoms with E-state index in [0.29, 0.717) is 12.5 Å². The van der Waals surface area contributed by atoms with Crippen molar-refractivity contribution in [3.63, 3.8) is 0 Å². The maximum absolute atomic E-state index is 11.0. The summed E-state index contributed by atoms with van der Waals surface area (Å²) in [4.78, 5) is 11.0. The first kappa shape index (κ1) is 9.96. The van der Waals surface area contributed by atoms with Crippen molar-refractivity contribution in [3.8, 4) is 0 Å². The third kappa shape index (κ3) is 2.47. The van der Waals surface area contributed by atoms with Gasteiger partial charge >= 0.3 is 0 Å². The van der Waals surface area contributed by atoms with Gasteiger partial charge in [0.25, 0.3) is 0 Å². The molecule has 3 heteroatoms. The molecule has 0 saturated carbocycles. The topological polar surface area (TPSA) is 29.1 Å². The van der Waals surface area contributed by atoms with Gasteiger partial charge in [-0.2, -0.15) is 0 Å². The Hall–Kier alpha value is -0.580. The second-order valence-electron chi connectivity index (χ2n) is 3.63. The lowest BCUT2D eigenvalue weighted by Gasteiger charge is -2.09. The lowest BCUT2D eigenvalue weighted by Crippen LogP contribution is -2.27. The Morgan fingerprint density at radius 2 is 2.07 bits per heavy atom. The van der Waals surface area contributed by atoms with E-state index in [1.165, 1.54) is 9.13 Å². The summed E-state index contributed by atoms with van der Waals surface area (Å²) in [5, 5.41) is 2.98. The highest BCUT2D eigenvalue weighted by Gasteiger charge is 2.20. The lowest BCUT2D eigenvalue weighted by atomic mass is 10.1. The zero-order valence-corrected chi connectivity index (χ0v) is 9.95. The summed E-state index contributed by atoms with van der Waals surface area (Å²) in [7, 11) is 0. The van der Waals surface area contributed by atoms with E-state index < -0.39 is 0 Å².